The Bertz CT molecular complexity index is 636. The predicted octanol–water partition coefficient (Wildman–Crippen LogP) is 3.05. The lowest BCUT2D eigenvalue weighted by molar-refractivity contribution is 0.348. The number of benzene rings is 1. The fourth-order valence-electron chi connectivity index (χ4n) is 2.48. The third-order valence-electron chi connectivity index (χ3n) is 3.44. The van der Waals surface area contributed by atoms with E-state index in [2.05, 4.69) is 15.9 Å². The van der Waals surface area contributed by atoms with E-state index in [9.17, 15) is 12.8 Å². The maximum Gasteiger partial charge on any atom is 0.247 e. The van der Waals surface area contributed by atoms with Crippen LogP contribution in [0.25, 0.3) is 0 Å². The van der Waals surface area contributed by atoms with Crippen molar-refractivity contribution in [2.24, 2.45) is 0 Å². The van der Waals surface area contributed by atoms with Crippen LogP contribution in [0, 0.1) is 17.1 Å². The first-order valence-electron chi connectivity index (χ1n) is 6.30. The minimum atomic E-state index is -3.98. The quantitative estimate of drug-likeness (QED) is 0.775. The number of sulfonamides is 1. The van der Waals surface area contributed by atoms with Crippen LogP contribution in [-0.2, 0) is 10.0 Å². The van der Waals surface area contributed by atoms with E-state index < -0.39 is 15.8 Å². The molecule has 4 nitrogen and oxygen atoms in total. The second-order valence-electron chi connectivity index (χ2n) is 4.72. The summed E-state index contributed by atoms with van der Waals surface area (Å²) in [5, 5.41) is 8.86. The summed E-state index contributed by atoms with van der Waals surface area (Å²) >= 11 is 3.10. The monoisotopic (exact) mass is 360 g/mol. The zero-order valence-electron chi connectivity index (χ0n) is 10.7. The molecule has 0 aliphatic heterocycles. The highest BCUT2D eigenvalue weighted by atomic mass is 79.9. The van der Waals surface area contributed by atoms with Gasteiger partial charge < -0.3 is 0 Å². The Kier molecular flexibility index (Phi) is 4.78. The van der Waals surface area contributed by atoms with Crippen molar-refractivity contribution in [3.05, 3.63) is 28.5 Å². The van der Waals surface area contributed by atoms with E-state index in [1.165, 1.54) is 12.1 Å². The molecule has 0 aromatic heterocycles. The summed E-state index contributed by atoms with van der Waals surface area (Å²) in [5.74, 6) is -0.805. The second kappa shape index (κ2) is 6.20. The predicted molar refractivity (Wildman–Crippen MR) is 75.9 cm³/mol. The highest BCUT2D eigenvalue weighted by molar-refractivity contribution is 9.10. The van der Waals surface area contributed by atoms with E-state index in [0.717, 1.165) is 36.1 Å². The fourth-order valence-corrected chi connectivity index (χ4v) is 4.45. The van der Waals surface area contributed by atoms with Crippen LogP contribution in [-0.4, -0.2) is 25.3 Å². The van der Waals surface area contributed by atoms with Gasteiger partial charge in [0.15, 0.2) is 0 Å². The van der Waals surface area contributed by atoms with Crippen molar-refractivity contribution in [3.63, 3.8) is 0 Å². The van der Waals surface area contributed by atoms with Crippen LogP contribution in [0.3, 0.4) is 0 Å². The molecule has 1 aromatic carbocycles. The molecule has 0 heterocycles. The first-order valence-corrected chi connectivity index (χ1v) is 8.54. The van der Waals surface area contributed by atoms with Gasteiger partial charge in [0.25, 0.3) is 0 Å². The molecule has 1 aliphatic rings. The standard InChI is InChI=1S/C13H14BrFN2O2S/c14-10-5-6-13(12(15)9-10)20(18,19)17(8-7-16)11-3-1-2-4-11/h5-6,9,11H,1-4,8H2. The van der Waals surface area contributed by atoms with Gasteiger partial charge in [-0.15, -0.1) is 0 Å². The van der Waals surface area contributed by atoms with Crippen LogP contribution in [0.4, 0.5) is 4.39 Å². The van der Waals surface area contributed by atoms with Crippen molar-refractivity contribution < 1.29 is 12.8 Å². The first-order chi connectivity index (χ1) is 9.46. The molecule has 7 heteroatoms. The molecule has 2 rings (SSSR count). The van der Waals surface area contributed by atoms with E-state index in [1.807, 2.05) is 6.07 Å². The third-order valence-corrected chi connectivity index (χ3v) is 5.86. The Hall–Kier alpha value is -0.970. The number of nitriles is 1. The molecule has 0 radical (unpaired) electrons. The summed E-state index contributed by atoms with van der Waals surface area (Å²) in [6, 6.07) is 5.49. The number of hydrogen-bond acceptors (Lipinski definition) is 3. The van der Waals surface area contributed by atoms with Gasteiger partial charge in [-0.05, 0) is 31.0 Å². The maximum atomic E-state index is 13.9. The van der Waals surface area contributed by atoms with Gasteiger partial charge in [0.05, 0.1) is 6.07 Å². The van der Waals surface area contributed by atoms with Crippen molar-refractivity contribution in [1.82, 2.24) is 4.31 Å². The smallest absolute Gasteiger partial charge is 0.207 e. The van der Waals surface area contributed by atoms with Crippen molar-refractivity contribution >= 4 is 26.0 Å². The molecule has 1 aliphatic carbocycles. The van der Waals surface area contributed by atoms with Gasteiger partial charge >= 0.3 is 0 Å². The average molecular weight is 361 g/mol. The summed E-state index contributed by atoms with van der Waals surface area (Å²) in [6.07, 6.45) is 3.31. The number of hydrogen-bond donors (Lipinski definition) is 0. The number of halogens is 2. The summed E-state index contributed by atoms with van der Waals surface area (Å²) in [4.78, 5) is -0.372. The Balaban J connectivity index is 2.42. The number of rotatable bonds is 4. The molecule has 0 amide bonds. The van der Waals surface area contributed by atoms with E-state index in [-0.39, 0.29) is 17.5 Å². The molecule has 0 spiro atoms. The molecule has 1 aromatic rings. The lowest BCUT2D eigenvalue weighted by atomic mass is 10.2. The lowest BCUT2D eigenvalue weighted by Crippen LogP contribution is -2.39. The minimum absolute atomic E-state index is 0.206. The molecular weight excluding hydrogens is 347 g/mol. The summed E-state index contributed by atoms with van der Waals surface area (Å²) < 4.78 is 40.6. The van der Waals surface area contributed by atoms with Gasteiger partial charge in [0.2, 0.25) is 10.0 Å². The van der Waals surface area contributed by atoms with Crippen molar-refractivity contribution in [2.75, 3.05) is 6.54 Å². The molecule has 1 fully saturated rings. The Morgan fingerprint density at radius 2 is 2.05 bits per heavy atom. The summed E-state index contributed by atoms with van der Waals surface area (Å²) in [7, 11) is -3.98. The molecular formula is C13H14BrFN2O2S. The molecule has 0 atom stereocenters. The molecule has 0 saturated heterocycles. The maximum absolute atomic E-state index is 13.9. The van der Waals surface area contributed by atoms with Crippen molar-refractivity contribution in [3.8, 4) is 6.07 Å². The van der Waals surface area contributed by atoms with Gasteiger partial charge in [-0.25, -0.2) is 12.8 Å². The SMILES string of the molecule is N#CCN(C1CCCC1)S(=O)(=O)c1ccc(Br)cc1F. The van der Waals surface area contributed by atoms with Gasteiger partial charge in [0.1, 0.15) is 17.3 Å². The summed E-state index contributed by atoms with van der Waals surface area (Å²) in [6.45, 7) is -0.248. The normalized spacial score (nSPS) is 16.5. The van der Waals surface area contributed by atoms with Crippen LogP contribution in [0.2, 0.25) is 0 Å². The van der Waals surface area contributed by atoms with Crippen LogP contribution < -0.4 is 0 Å². The molecule has 0 bridgehead atoms. The van der Waals surface area contributed by atoms with Gasteiger partial charge in [-0.1, -0.05) is 28.8 Å². The lowest BCUT2D eigenvalue weighted by Gasteiger charge is -2.25. The zero-order valence-corrected chi connectivity index (χ0v) is 13.1. The van der Waals surface area contributed by atoms with Crippen molar-refractivity contribution in [1.29, 1.82) is 5.26 Å². The Morgan fingerprint density at radius 3 is 2.60 bits per heavy atom. The summed E-state index contributed by atoms with van der Waals surface area (Å²) in [5.41, 5.74) is 0. The first kappa shape index (κ1) is 15.4. The Morgan fingerprint density at radius 1 is 1.40 bits per heavy atom. The highest BCUT2D eigenvalue weighted by Gasteiger charge is 2.34. The topological polar surface area (TPSA) is 61.2 Å². The molecule has 108 valence electrons. The van der Waals surface area contributed by atoms with Crippen LogP contribution in [0.15, 0.2) is 27.6 Å². The molecule has 20 heavy (non-hydrogen) atoms. The number of nitrogens with zero attached hydrogens (tertiary/aromatic N) is 2. The third kappa shape index (κ3) is 3.03. The minimum Gasteiger partial charge on any atom is -0.207 e. The molecule has 0 N–H and O–H groups in total. The van der Waals surface area contributed by atoms with Gasteiger partial charge in [-0.3, -0.25) is 0 Å². The van der Waals surface area contributed by atoms with E-state index in [1.54, 1.807) is 0 Å². The molecule has 0 unspecified atom stereocenters. The van der Waals surface area contributed by atoms with Crippen LogP contribution >= 0.6 is 15.9 Å². The molecule has 1 saturated carbocycles. The Labute approximate surface area is 126 Å². The van der Waals surface area contributed by atoms with E-state index >= 15 is 0 Å². The van der Waals surface area contributed by atoms with Gasteiger partial charge in [0, 0.05) is 10.5 Å². The van der Waals surface area contributed by atoms with Crippen LogP contribution in [0.5, 0.6) is 0 Å². The highest BCUT2D eigenvalue weighted by Crippen LogP contribution is 2.30. The fraction of sp³-hybridized carbons (Fsp3) is 0.462. The van der Waals surface area contributed by atoms with Crippen LogP contribution in [0.1, 0.15) is 25.7 Å². The average Bonchev–Trinajstić information content (AvgIpc) is 2.88. The van der Waals surface area contributed by atoms with E-state index in [0.29, 0.717) is 4.47 Å². The van der Waals surface area contributed by atoms with Gasteiger partial charge in [-0.2, -0.15) is 9.57 Å². The largest absolute Gasteiger partial charge is 0.247 e. The van der Waals surface area contributed by atoms with E-state index in [4.69, 9.17) is 5.26 Å². The second-order valence-corrected chi connectivity index (χ2v) is 7.50. The van der Waals surface area contributed by atoms with Crippen molar-refractivity contribution in [2.45, 2.75) is 36.6 Å². The zero-order chi connectivity index (χ0) is 14.8.